The lowest BCUT2D eigenvalue weighted by Gasteiger charge is -2.37. The molecule has 15 heteroatoms. The molecule has 4 aromatic rings. The summed E-state index contributed by atoms with van der Waals surface area (Å²) in [6, 6.07) is 15.9. The Morgan fingerprint density at radius 1 is 0.608 bits per heavy atom. The molecule has 2 aromatic carbocycles. The molecule has 4 aliphatic rings. The lowest BCUT2D eigenvalue weighted by atomic mass is 9.89. The first-order valence-electron chi connectivity index (χ1n) is 26.1. The average Bonchev–Trinajstić information content (AvgIpc) is 3.81. The van der Waals surface area contributed by atoms with Crippen molar-refractivity contribution >= 4 is 44.9 Å². The molecule has 74 heavy (non-hydrogen) atoms. The predicted molar refractivity (Wildman–Crippen MR) is 280 cm³/mol. The fourth-order valence-electron chi connectivity index (χ4n) is 12.1. The summed E-state index contributed by atoms with van der Waals surface area (Å²) in [4.78, 5) is 55.7. The Morgan fingerprint density at radius 3 is 1.32 bits per heavy atom. The van der Waals surface area contributed by atoms with E-state index in [1.165, 1.54) is 12.0 Å². The quantitative estimate of drug-likeness (QED) is 0.0761. The zero-order valence-electron chi connectivity index (χ0n) is 44.5. The molecule has 0 saturated carbocycles. The number of ether oxygens (including phenoxy) is 2. The molecule has 10 nitrogen and oxygen atoms in total. The van der Waals surface area contributed by atoms with E-state index in [0.717, 1.165) is 64.1 Å². The number of hydrogen-bond donors (Lipinski definition) is 0. The van der Waals surface area contributed by atoms with Crippen molar-refractivity contribution in [3.63, 3.8) is 0 Å². The summed E-state index contributed by atoms with van der Waals surface area (Å²) in [7, 11) is 3.09. The summed E-state index contributed by atoms with van der Waals surface area (Å²) in [5, 5.41) is 1.80. The number of aromatic nitrogens is 2. The molecular weight excluding hydrogens is 956 g/mol. The second-order valence-electron chi connectivity index (χ2n) is 21.2. The second-order valence-corrected chi connectivity index (χ2v) is 21.2. The van der Waals surface area contributed by atoms with Gasteiger partial charge in [-0.05, 0) is 142 Å². The minimum Gasteiger partial charge on any atom is -0.496 e. The highest BCUT2D eigenvalue weighted by molar-refractivity contribution is 6.11. The van der Waals surface area contributed by atoms with Gasteiger partial charge in [0.2, 0.25) is 0 Å². The van der Waals surface area contributed by atoms with E-state index in [1.807, 2.05) is 93.3 Å². The van der Waals surface area contributed by atoms with Crippen LogP contribution in [0, 0.1) is 25.7 Å². The summed E-state index contributed by atoms with van der Waals surface area (Å²) in [5.41, 5.74) is 8.17. The van der Waals surface area contributed by atoms with E-state index < -0.39 is 18.6 Å². The van der Waals surface area contributed by atoms with Gasteiger partial charge in [0.05, 0.1) is 27.3 Å². The van der Waals surface area contributed by atoms with E-state index in [-0.39, 0.29) is 60.5 Å². The van der Waals surface area contributed by atoms with Crippen molar-refractivity contribution in [3.05, 3.63) is 117 Å². The lowest BCUT2D eigenvalue weighted by molar-refractivity contribution is -0.149. The fraction of sp³-hybridized carbons (Fsp3) is 0.525. The molecule has 0 N–H and O–H groups in total. The van der Waals surface area contributed by atoms with E-state index in [2.05, 4.69) is 23.0 Å². The number of allylic oxidation sites excluding steroid dienone is 6. The Kier molecular flexibility index (Phi) is 17.8. The highest BCUT2D eigenvalue weighted by Gasteiger charge is 2.36. The molecule has 2 fully saturated rings. The van der Waals surface area contributed by atoms with Crippen LogP contribution in [0.3, 0.4) is 0 Å². The third-order valence-corrected chi connectivity index (χ3v) is 15.8. The van der Waals surface area contributed by atoms with Crippen LogP contribution in [0.2, 0.25) is 0 Å². The summed E-state index contributed by atoms with van der Waals surface area (Å²) < 4.78 is 80.7. The lowest BCUT2D eigenvalue weighted by Crippen LogP contribution is -2.41. The zero-order valence-corrected chi connectivity index (χ0v) is 44.5. The van der Waals surface area contributed by atoms with Gasteiger partial charge in [-0.3, -0.25) is 29.0 Å². The maximum Gasteiger partial charge on any atom is 0.401 e. The number of benzene rings is 2. The van der Waals surface area contributed by atoms with Crippen LogP contribution >= 0.6 is 0 Å². The van der Waals surface area contributed by atoms with E-state index in [9.17, 15) is 41.1 Å². The summed E-state index contributed by atoms with van der Waals surface area (Å²) >= 11 is 0. The number of carbonyl (C=O) groups is 4. The first kappa shape index (κ1) is 56.1. The number of halogens is 5. The molecule has 0 spiro atoms. The van der Waals surface area contributed by atoms with Crippen molar-refractivity contribution in [1.29, 1.82) is 0 Å². The van der Waals surface area contributed by atoms with Gasteiger partial charge in [0.1, 0.15) is 11.5 Å². The van der Waals surface area contributed by atoms with E-state index in [4.69, 9.17) is 9.47 Å². The van der Waals surface area contributed by atoms with Gasteiger partial charge < -0.3 is 18.6 Å². The van der Waals surface area contributed by atoms with Crippen LogP contribution in [0.25, 0.3) is 21.8 Å². The van der Waals surface area contributed by atoms with E-state index in [0.29, 0.717) is 104 Å². The Balaban J connectivity index is 0.000000216. The molecule has 400 valence electrons. The van der Waals surface area contributed by atoms with Crippen LogP contribution in [-0.2, 0) is 19.1 Å². The molecule has 0 bridgehead atoms. The highest BCUT2D eigenvalue weighted by Crippen LogP contribution is 2.39. The molecule has 2 saturated heterocycles. The van der Waals surface area contributed by atoms with Crippen molar-refractivity contribution in [3.8, 4) is 0 Å². The second kappa shape index (κ2) is 23.5. The number of ketones is 4. The van der Waals surface area contributed by atoms with Crippen LogP contribution in [0.15, 0.2) is 94.5 Å². The molecule has 2 atom stereocenters. The summed E-state index contributed by atoms with van der Waals surface area (Å²) in [6.07, 6.45) is 4.39. The molecule has 2 aromatic heterocycles. The molecule has 0 unspecified atom stereocenters. The Hall–Kier alpha value is -5.67. The number of Topliss-reactive ketones (excluding diaryl/α,β-unsaturated/α-hetero) is 4. The molecule has 8 rings (SSSR count). The molecule has 2 aliphatic heterocycles. The first-order chi connectivity index (χ1) is 35.0. The van der Waals surface area contributed by atoms with Gasteiger partial charge in [-0.2, -0.15) is 13.2 Å². The molecule has 0 amide bonds. The molecule has 2 aliphatic carbocycles. The van der Waals surface area contributed by atoms with Crippen LogP contribution < -0.4 is 0 Å². The third-order valence-electron chi connectivity index (χ3n) is 15.8. The standard InChI is InChI=1S/C30H38F2N2O3.C29H35F3N2O3/c1-19-16-27(36)24(28(17-19)37-5)10-11-26(35)29-21(3)34(25-9-7-6-8-23(25)29)20(2)22-12-14-33(15-13-22)18-30(4,31)32;1-18-15-26(36)23(27(16-18)37-4)9-10-25(35)28-20(3)34(24-8-6-5-7-22(24)28)19(2)21-11-13-33(14-12-21)17-29(30,31)32/h6-9,17,20,22H,10-16,18H2,1-5H3;5-8,16,19,21H,9-15,17H2,1-4H3/t20-;19-/m10/s1. The van der Waals surface area contributed by atoms with Crippen LogP contribution in [0.1, 0.15) is 143 Å². The number of methoxy groups -OCH3 is 2. The number of hydrogen-bond acceptors (Lipinski definition) is 8. The van der Waals surface area contributed by atoms with E-state index in [1.54, 1.807) is 7.11 Å². The van der Waals surface area contributed by atoms with Gasteiger partial charge in [0.15, 0.2) is 23.1 Å². The number of alkyl halides is 5. The number of piperidine rings is 2. The van der Waals surface area contributed by atoms with Gasteiger partial charge in [-0.15, -0.1) is 0 Å². The van der Waals surface area contributed by atoms with Crippen molar-refractivity contribution in [2.75, 3.05) is 53.5 Å². The Bertz CT molecular complexity index is 2680. The zero-order chi connectivity index (χ0) is 53.8. The SMILES string of the molecule is COC1=C(CCC(=O)c2c(C)n([C@@H](C)C3CCN(CC(F)(F)F)CC3)c3ccccc23)C(=O)CC(C)=C1.COC1=C(CCC(=O)c2c(C)n([C@H](C)C3CCN(CC(C)(F)F)CC3)c3ccccc23)C(=O)CC(C)=C1. The Labute approximate surface area is 432 Å². The summed E-state index contributed by atoms with van der Waals surface area (Å²) in [5.74, 6) is -1.04. The monoisotopic (exact) mass is 1030 g/mol. The number of fused-ring (bicyclic) bond motifs is 2. The number of carbonyl (C=O) groups excluding carboxylic acids is 4. The number of nitrogens with zero attached hydrogens (tertiary/aromatic N) is 4. The smallest absolute Gasteiger partial charge is 0.401 e. The number of para-hydroxylation sites is 2. The van der Waals surface area contributed by atoms with Crippen LogP contribution in [0.4, 0.5) is 22.0 Å². The molecule has 0 radical (unpaired) electrons. The van der Waals surface area contributed by atoms with Crippen molar-refractivity contribution in [2.24, 2.45) is 11.8 Å². The molecule has 4 heterocycles. The van der Waals surface area contributed by atoms with Gasteiger partial charge in [0, 0.05) is 100 Å². The number of rotatable bonds is 17. The topological polar surface area (TPSA) is 103 Å². The van der Waals surface area contributed by atoms with E-state index >= 15 is 0 Å². The van der Waals surface area contributed by atoms with Gasteiger partial charge in [0.25, 0.3) is 5.92 Å². The van der Waals surface area contributed by atoms with Crippen molar-refractivity contribution in [2.45, 2.75) is 137 Å². The van der Waals surface area contributed by atoms with Gasteiger partial charge >= 0.3 is 6.18 Å². The minimum absolute atomic E-state index is 0.00529. The molecular formula is C59H73F5N4O6. The van der Waals surface area contributed by atoms with Gasteiger partial charge in [-0.1, -0.05) is 47.5 Å². The number of likely N-dealkylation sites (tertiary alicyclic amines) is 2. The van der Waals surface area contributed by atoms with Crippen molar-refractivity contribution < 1.29 is 50.6 Å². The highest BCUT2D eigenvalue weighted by atomic mass is 19.4. The first-order valence-corrected chi connectivity index (χ1v) is 26.1. The van der Waals surface area contributed by atoms with Crippen LogP contribution in [0.5, 0.6) is 0 Å². The maximum atomic E-state index is 13.6. The average molecular weight is 1030 g/mol. The predicted octanol–water partition coefficient (Wildman–Crippen LogP) is 13.2. The van der Waals surface area contributed by atoms with Gasteiger partial charge in [-0.25, -0.2) is 8.78 Å². The van der Waals surface area contributed by atoms with Crippen LogP contribution in [-0.4, -0.2) is 108 Å². The third kappa shape index (κ3) is 12.9. The summed E-state index contributed by atoms with van der Waals surface area (Å²) in [6.45, 7) is 14.1. The normalized spacial score (nSPS) is 18.9. The Morgan fingerprint density at radius 2 is 0.973 bits per heavy atom. The fourth-order valence-corrected chi connectivity index (χ4v) is 12.1. The maximum absolute atomic E-state index is 13.6. The minimum atomic E-state index is -4.18. The largest absolute Gasteiger partial charge is 0.496 e. The van der Waals surface area contributed by atoms with Crippen molar-refractivity contribution in [1.82, 2.24) is 18.9 Å².